The molecular weight excluding hydrogens is 282 g/mol. The fraction of sp³-hybridized carbons (Fsp3) is 0.875. The van der Waals surface area contributed by atoms with E-state index in [1.807, 2.05) is 0 Å². The second kappa shape index (κ2) is 6.07. The van der Waals surface area contributed by atoms with Crippen LogP contribution >= 0.6 is 0 Å². The van der Waals surface area contributed by atoms with E-state index in [-0.39, 0.29) is 23.3 Å². The van der Waals surface area contributed by atoms with Gasteiger partial charge in [0, 0.05) is 19.6 Å². The van der Waals surface area contributed by atoms with Crippen LogP contribution < -0.4 is 10.6 Å². The zero-order chi connectivity index (χ0) is 15.7. The number of aliphatic carboxylic acids is 1. The van der Waals surface area contributed by atoms with Crippen molar-refractivity contribution in [2.75, 3.05) is 32.7 Å². The fourth-order valence-corrected chi connectivity index (χ4v) is 3.87. The first-order valence-corrected chi connectivity index (χ1v) is 8.45. The van der Waals surface area contributed by atoms with E-state index in [1.165, 1.54) is 0 Å². The van der Waals surface area contributed by atoms with E-state index < -0.39 is 5.97 Å². The fourth-order valence-electron chi connectivity index (χ4n) is 3.87. The first-order chi connectivity index (χ1) is 10.5. The molecule has 0 aromatic rings. The molecule has 3 aliphatic rings. The highest BCUT2D eigenvalue weighted by molar-refractivity contribution is 5.77. The molecule has 0 unspecified atom stereocenters. The predicted molar refractivity (Wildman–Crippen MR) is 82.5 cm³/mol. The highest BCUT2D eigenvalue weighted by Crippen LogP contribution is 2.44. The van der Waals surface area contributed by atoms with Crippen LogP contribution in [0.4, 0.5) is 4.79 Å². The van der Waals surface area contributed by atoms with Gasteiger partial charge in [-0.25, -0.2) is 4.79 Å². The molecule has 0 spiro atoms. The summed E-state index contributed by atoms with van der Waals surface area (Å²) in [4.78, 5) is 25.5. The molecule has 2 saturated heterocycles. The highest BCUT2D eigenvalue weighted by Gasteiger charge is 2.47. The van der Waals surface area contributed by atoms with Crippen molar-refractivity contribution in [1.82, 2.24) is 15.5 Å². The Kier molecular flexibility index (Phi) is 4.30. The third-order valence-corrected chi connectivity index (χ3v) is 5.67. The summed E-state index contributed by atoms with van der Waals surface area (Å²) in [5.74, 6) is -0.469. The van der Waals surface area contributed by atoms with Crippen LogP contribution in [0.1, 0.15) is 32.6 Å². The molecule has 2 amide bonds. The third-order valence-electron chi connectivity index (χ3n) is 5.67. The molecule has 3 fully saturated rings. The van der Waals surface area contributed by atoms with Gasteiger partial charge in [-0.15, -0.1) is 0 Å². The predicted octanol–water partition coefficient (Wildman–Crippen LogP) is 1.13. The van der Waals surface area contributed by atoms with E-state index in [1.54, 1.807) is 4.90 Å². The van der Waals surface area contributed by atoms with Crippen LogP contribution in [0.3, 0.4) is 0 Å². The molecule has 6 heteroatoms. The van der Waals surface area contributed by atoms with Gasteiger partial charge in [-0.05, 0) is 56.0 Å². The second-order valence-corrected chi connectivity index (χ2v) is 7.57. The van der Waals surface area contributed by atoms with Crippen molar-refractivity contribution < 1.29 is 14.7 Å². The second-order valence-electron chi connectivity index (χ2n) is 7.57. The molecule has 1 saturated carbocycles. The van der Waals surface area contributed by atoms with Crippen LogP contribution in [-0.2, 0) is 4.79 Å². The van der Waals surface area contributed by atoms with Crippen molar-refractivity contribution in [1.29, 1.82) is 0 Å². The summed E-state index contributed by atoms with van der Waals surface area (Å²) in [7, 11) is 0. The minimum absolute atomic E-state index is 0.0887. The Morgan fingerprint density at radius 1 is 1.27 bits per heavy atom. The molecule has 0 aromatic heterocycles. The lowest BCUT2D eigenvalue weighted by molar-refractivity contribution is -0.142. The normalized spacial score (nSPS) is 31.0. The van der Waals surface area contributed by atoms with Crippen molar-refractivity contribution in [2.45, 2.75) is 32.6 Å². The number of piperidine rings is 1. The molecule has 2 atom stereocenters. The van der Waals surface area contributed by atoms with E-state index in [0.29, 0.717) is 25.6 Å². The van der Waals surface area contributed by atoms with Crippen LogP contribution in [0.15, 0.2) is 0 Å². The Labute approximate surface area is 131 Å². The minimum atomic E-state index is -0.752. The maximum absolute atomic E-state index is 12.4. The van der Waals surface area contributed by atoms with Gasteiger partial charge in [-0.1, -0.05) is 6.92 Å². The summed E-state index contributed by atoms with van der Waals surface area (Å²) in [5, 5.41) is 15.7. The quantitative estimate of drug-likeness (QED) is 0.727. The molecular formula is C16H27N3O3. The van der Waals surface area contributed by atoms with Crippen LogP contribution in [-0.4, -0.2) is 54.7 Å². The van der Waals surface area contributed by atoms with Crippen LogP contribution in [0.25, 0.3) is 0 Å². The Hall–Kier alpha value is -1.30. The number of hydrogen-bond acceptors (Lipinski definition) is 3. The standard InChI is InChI=1S/C16H27N3O3/c1-16(4-6-17-7-5-16)10-18-15(22)19-8-12(11-2-3-11)13(9-19)14(20)21/h11-13,17H,2-10H2,1H3,(H,18,22)(H,20,21)/t12-,13+/m0/s1. The van der Waals surface area contributed by atoms with Gasteiger partial charge >= 0.3 is 12.0 Å². The van der Waals surface area contributed by atoms with Gasteiger partial charge in [0.2, 0.25) is 0 Å². The van der Waals surface area contributed by atoms with E-state index >= 15 is 0 Å². The number of carboxylic acid groups (broad SMARTS) is 1. The van der Waals surface area contributed by atoms with Crippen molar-refractivity contribution in [2.24, 2.45) is 23.2 Å². The molecule has 2 heterocycles. The SMILES string of the molecule is CC1(CNC(=O)N2C[C@@H](C(=O)O)[C@H](C3CC3)C2)CCNCC1. The maximum atomic E-state index is 12.4. The molecule has 0 bridgehead atoms. The Bertz CT molecular complexity index is 444. The Balaban J connectivity index is 1.53. The summed E-state index contributed by atoms with van der Waals surface area (Å²) in [6.07, 6.45) is 4.37. The van der Waals surface area contributed by atoms with Gasteiger partial charge < -0.3 is 20.6 Å². The summed E-state index contributed by atoms with van der Waals surface area (Å²) < 4.78 is 0. The van der Waals surface area contributed by atoms with E-state index in [9.17, 15) is 14.7 Å². The lowest BCUT2D eigenvalue weighted by atomic mass is 9.81. The number of urea groups is 1. The molecule has 124 valence electrons. The van der Waals surface area contributed by atoms with Crippen LogP contribution in [0.5, 0.6) is 0 Å². The van der Waals surface area contributed by atoms with Gasteiger partial charge in [0.05, 0.1) is 5.92 Å². The maximum Gasteiger partial charge on any atom is 0.317 e. The largest absolute Gasteiger partial charge is 0.481 e. The summed E-state index contributed by atoms with van der Waals surface area (Å²) in [6.45, 7) is 5.86. The molecule has 6 nitrogen and oxygen atoms in total. The number of likely N-dealkylation sites (tertiary alicyclic amines) is 1. The number of carbonyl (C=O) groups is 2. The van der Waals surface area contributed by atoms with Gasteiger partial charge in [0.25, 0.3) is 0 Å². The average Bonchev–Trinajstić information content (AvgIpc) is 3.24. The topological polar surface area (TPSA) is 81.7 Å². The number of nitrogens with one attached hydrogen (secondary N) is 2. The van der Waals surface area contributed by atoms with E-state index in [2.05, 4.69) is 17.6 Å². The number of amides is 2. The number of carboxylic acids is 1. The van der Waals surface area contributed by atoms with Gasteiger partial charge in [-0.2, -0.15) is 0 Å². The average molecular weight is 309 g/mol. The van der Waals surface area contributed by atoms with Gasteiger partial charge in [0.1, 0.15) is 0 Å². The molecule has 3 rings (SSSR count). The first kappa shape index (κ1) is 15.6. The number of nitrogens with zero attached hydrogens (tertiary/aromatic N) is 1. The Morgan fingerprint density at radius 3 is 2.55 bits per heavy atom. The van der Waals surface area contributed by atoms with E-state index in [4.69, 9.17) is 0 Å². The van der Waals surface area contributed by atoms with Crippen LogP contribution in [0.2, 0.25) is 0 Å². The Morgan fingerprint density at radius 2 is 1.95 bits per heavy atom. The summed E-state index contributed by atoms with van der Waals surface area (Å²) in [5.41, 5.74) is 0.155. The van der Waals surface area contributed by atoms with Crippen molar-refractivity contribution >= 4 is 12.0 Å². The highest BCUT2D eigenvalue weighted by atomic mass is 16.4. The summed E-state index contributed by atoms with van der Waals surface area (Å²) >= 11 is 0. The van der Waals surface area contributed by atoms with Gasteiger partial charge in [-0.3, -0.25) is 4.79 Å². The third kappa shape index (κ3) is 3.37. The first-order valence-electron chi connectivity index (χ1n) is 8.45. The number of hydrogen-bond donors (Lipinski definition) is 3. The van der Waals surface area contributed by atoms with Crippen molar-refractivity contribution in [3.05, 3.63) is 0 Å². The molecule has 0 radical (unpaired) electrons. The molecule has 1 aliphatic carbocycles. The smallest absolute Gasteiger partial charge is 0.317 e. The monoisotopic (exact) mass is 309 g/mol. The summed E-state index contributed by atoms with van der Waals surface area (Å²) in [6, 6.07) is -0.0887. The number of carbonyl (C=O) groups excluding carboxylic acids is 1. The molecule has 22 heavy (non-hydrogen) atoms. The number of rotatable bonds is 4. The molecule has 0 aromatic carbocycles. The van der Waals surface area contributed by atoms with Crippen LogP contribution in [0, 0.1) is 23.2 Å². The van der Waals surface area contributed by atoms with Gasteiger partial charge in [0.15, 0.2) is 0 Å². The van der Waals surface area contributed by atoms with Crippen molar-refractivity contribution in [3.63, 3.8) is 0 Å². The molecule has 2 aliphatic heterocycles. The lowest BCUT2D eigenvalue weighted by Gasteiger charge is -2.34. The van der Waals surface area contributed by atoms with Crippen molar-refractivity contribution in [3.8, 4) is 0 Å². The zero-order valence-electron chi connectivity index (χ0n) is 13.3. The zero-order valence-corrected chi connectivity index (χ0v) is 13.3. The minimum Gasteiger partial charge on any atom is -0.481 e. The lowest BCUT2D eigenvalue weighted by Crippen LogP contribution is -2.46. The molecule has 3 N–H and O–H groups in total. The van der Waals surface area contributed by atoms with E-state index in [0.717, 1.165) is 38.8 Å².